The average Bonchev–Trinajstić information content (AvgIpc) is 2.72. The minimum absolute atomic E-state index is 0.0116. The number of anilines is 1. The first-order chi connectivity index (χ1) is 14.0. The van der Waals surface area contributed by atoms with Gasteiger partial charge in [-0.3, -0.25) is 14.3 Å². The second kappa shape index (κ2) is 7.98. The van der Waals surface area contributed by atoms with Gasteiger partial charge in [0.15, 0.2) is 0 Å². The molecule has 1 aliphatic rings. The molecule has 4 rings (SSSR count). The predicted octanol–water partition coefficient (Wildman–Crippen LogP) is 3.37. The number of carbonyl (C=O) groups excluding carboxylic acids is 1. The van der Waals surface area contributed by atoms with Crippen LogP contribution in [0.1, 0.15) is 18.4 Å². The maximum absolute atomic E-state index is 13.0. The summed E-state index contributed by atoms with van der Waals surface area (Å²) in [6, 6.07) is 12.0. The van der Waals surface area contributed by atoms with Gasteiger partial charge in [0, 0.05) is 18.4 Å². The minimum atomic E-state index is -2.96. The maximum Gasteiger partial charge on any atom is 0.387 e. The zero-order chi connectivity index (χ0) is 20.4. The Morgan fingerprint density at radius 3 is 2.83 bits per heavy atom. The van der Waals surface area contributed by atoms with Crippen LogP contribution in [-0.4, -0.2) is 28.8 Å². The molecule has 150 valence electrons. The zero-order valence-electron chi connectivity index (χ0n) is 15.6. The smallest absolute Gasteiger partial charge is 0.387 e. The number of rotatable bonds is 5. The fourth-order valence-corrected chi connectivity index (χ4v) is 3.73. The number of hydrogen-bond donors (Lipinski definition) is 0. The van der Waals surface area contributed by atoms with Crippen LogP contribution in [0.2, 0.25) is 0 Å². The third-order valence-electron chi connectivity index (χ3n) is 5.00. The highest BCUT2D eigenvalue weighted by Gasteiger charge is 2.27. The lowest BCUT2D eigenvalue weighted by Gasteiger charge is -2.31. The van der Waals surface area contributed by atoms with Gasteiger partial charge in [0.1, 0.15) is 5.75 Å². The van der Waals surface area contributed by atoms with E-state index in [0.29, 0.717) is 29.6 Å². The Kier molecular flexibility index (Phi) is 5.24. The number of aryl methyl sites for hydroxylation is 2. The molecule has 0 aliphatic carbocycles. The van der Waals surface area contributed by atoms with E-state index in [-0.39, 0.29) is 30.1 Å². The molecule has 0 fully saturated rings. The van der Waals surface area contributed by atoms with Crippen molar-refractivity contribution < 1.29 is 18.3 Å². The predicted molar refractivity (Wildman–Crippen MR) is 104 cm³/mol. The number of amides is 1. The Labute approximate surface area is 165 Å². The Bertz CT molecular complexity index is 1110. The molecule has 0 saturated heterocycles. The van der Waals surface area contributed by atoms with Crippen LogP contribution in [0.4, 0.5) is 14.5 Å². The highest BCUT2D eigenvalue weighted by Crippen LogP contribution is 2.37. The summed E-state index contributed by atoms with van der Waals surface area (Å²) < 4.78 is 31.9. The molecule has 1 aromatic heterocycles. The second-order valence-corrected chi connectivity index (χ2v) is 6.79. The van der Waals surface area contributed by atoms with E-state index in [1.54, 1.807) is 35.0 Å². The van der Waals surface area contributed by atoms with Gasteiger partial charge >= 0.3 is 6.61 Å². The number of fused-ring (bicyclic) bond motifs is 2. The summed E-state index contributed by atoms with van der Waals surface area (Å²) in [6.07, 6.45) is 2.79. The fourth-order valence-electron chi connectivity index (χ4n) is 3.73. The number of carbonyl (C=O) groups is 1. The van der Waals surface area contributed by atoms with Crippen molar-refractivity contribution in [3.8, 4) is 5.75 Å². The third-order valence-corrected chi connectivity index (χ3v) is 5.00. The summed E-state index contributed by atoms with van der Waals surface area (Å²) in [5.41, 5.74) is 1.70. The van der Waals surface area contributed by atoms with Crippen LogP contribution in [0.5, 0.6) is 5.75 Å². The number of para-hydroxylation sites is 2. The Hall–Kier alpha value is -3.29. The highest BCUT2D eigenvalue weighted by molar-refractivity contribution is 5.96. The monoisotopic (exact) mass is 399 g/mol. The number of ether oxygens (including phenoxy) is 1. The molecule has 0 bridgehead atoms. The first-order valence-corrected chi connectivity index (χ1v) is 9.36. The van der Waals surface area contributed by atoms with Crippen LogP contribution in [0, 0.1) is 0 Å². The van der Waals surface area contributed by atoms with E-state index >= 15 is 0 Å². The van der Waals surface area contributed by atoms with Crippen LogP contribution in [0.15, 0.2) is 53.5 Å². The minimum Gasteiger partial charge on any atom is -0.433 e. The van der Waals surface area contributed by atoms with E-state index in [1.807, 2.05) is 6.07 Å². The number of aromatic nitrogens is 2. The van der Waals surface area contributed by atoms with E-state index in [4.69, 9.17) is 0 Å². The number of hydrogen-bond acceptors (Lipinski definition) is 4. The van der Waals surface area contributed by atoms with Crippen molar-refractivity contribution in [3.05, 3.63) is 64.4 Å². The van der Waals surface area contributed by atoms with Crippen molar-refractivity contribution in [3.63, 3.8) is 0 Å². The lowest BCUT2D eigenvalue weighted by Crippen LogP contribution is -2.36. The van der Waals surface area contributed by atoms with Gasteiger partial charge in [0.05, 0.1) is 23.9 Å². The molecule has 0 radical (unpaired) electrons. The normalized spacial score (nSPS) is 13.6. The molecule has 1 amide bonds. The quantitative estimate of drug-likeness (QED) is 0.660. The van der Waals surface area contributed by atoms with Crippen molar-refractivity contribution in [2.24, 2.45) is 0 Å². The first kappa shape index (κ1) is 19.0. The van der Waals surface area contributed by atoms with Crippen molar-refractivity contribution >= 4 is 22.5 Å². The Morgan fingerprint density at radius 2 is 2.00 bits per heavy atom. The van der Waals surface area contributed by atoms with E-state index in [2.05, 4.69) is 9.84 Å². The number of halogens is 2. The summed E-state index contributed by atoms with van der Waals surface area (Å²) in [6.45, 7) is -2.26. The fraction of sp³-hybridized carbons (Fsp3) is 0.286. The molecule has 0 spiro atoms. The molecule has 2 heterocycles. The van der Waals surface area contributed by atoms with Gasteiger partial charge in [-0.15, -0.1) is 0 Å². The van der Waals surface area contributed by atoms with E-state index in [1.165, 1.54) is 17.2 Å². The standard InChI is InChI=1S/C21H19F2N3O3/c22-21(23)29-18-9-3-5-14-6-4-11-25(20(14)18)19(28)10-12-26-16-8-2-1-7-15(16)17(27)13-24-26/h1-3,5,7-9,13,21H,4,6,10-12H2. The summed E-state index contributed by atoms with van der Waals surface area (Å²) >= 11 is 0. The Balaban J connectivity index is 1.58. The third kappa shape index (κ3) is 3.83. The molecule has 8 heteroatoms. The van der Waals surface area contributed by atoms with E-state index in [0.717, 1.165) is 12.0 Å². The van der Waals surface area contributed by atoms with Gasteiger partial charge in [0.25, 0.3) is 0 Å². The highest BCUT2D eigenvalue weighted by atomic mass is 19.3. The van der Waals surface area contributed by atoms with Gasteiger partial charge in [-0.2, -0.15) is 13.9 Å². The van der Waals surface area contributed by atoms with Crippen LogP contribution >= 0.6 is 0 Å². The summed E-state index contributed by atoms with van der Waals surface area (Å²) in [5, 5.41) is 4.67. The topological polar surface area (TPSA) is 64.4 Å². The van der Waals surface area contributed by atoms with Crippen LogP contribution in [-0.2, 0) is 17.8 Å². The Morgan fingerprint density at radius 1 is 1.17 bits per heavy atom. The molecule has 1 aliphatic heterocycles. The van der Waals surface area contributed by atoms with Gasteiger partial charge < -0.3 is 9.64 Å². The van der Waals surface area contributed by atoms with Gasteiger partial charge in [-0.05, 0) is 36.6 Å². The summed E-state index contributed by atoms with van der Waals surface area (Å²) in [5.74, 6) is -0.196. The van der Waals surface area contributed by atoms with Crippen LogP contribution < -0.4 is 15.1 Å². The number of alkyl halides is 2. The summed E-state index contributed by atoms with van der Waals surface area (Å²) in [7, 11) is 0. The van der Waals surface area contributed by atoms with Gasteiger partial charge in [-0.25, -0.2) is 0 Å². The molecular weight excluding hydrogens is 380 g/mol. The van der Waals surface area contributed by atoms with E-state index in [9.17, 15) is 18.4 Å². The van der Waals surface area contributed by atoms with E-state index < -0.39 is 6.61 Å². The molecule has 2 aromatic carbocycles. The molecule has 0 unspecified atom stereocenters. The van der Waals surface area contributed by atoms with Gasteiger partial charge in [0.2, 0.25) is 11.3 Å². The number of benzene rings is 2. The van der Waals surface area contributed by atoms with Crippen LogP contribution in [0.25, 0.3) is 10.9 Å². The lowest BCUT2D eigenvalue weighted by molar-refractivity contribution is -0.119. The molecule has 0 atom stereocenters. The molecule has 29 heavy (non-hydrogen) atoms. The van der Waals surface area contributed by atoms with Crippen molar-refractivity contribution in [2.45, 2.75) is 32.4 Å². The largest absolute Gasteiger partial charge is 0.433 e. The molecular formula is C21H19F2N3O3. The first-order valence-electron chi connectivity index (χ1n) is 9.36. The van der Waals surface area contributed by atoms with Crippen molar-refractivity contribution in [1.29, 1.82) is 0 Å². The lowest BCUT2D eigenvalue weighted by atomic mass is 10.0. The molecule has 3 aromatic rings. The molecule has 0 saturated carbocycles. The number of nitrogens with zero attached hydrogens (tertiary/aromatic N) is 3. The zero-order valence-corrected chi connectivity index (χ0v) is 15.6. The van der Waals surface area contributed by atoms with Crippen LogP contribution in [0.3, 0.4) is 0 Å². The SMILES string of the molecule is O=C(CCn1ncc(=O)c2ccccc21)N1CCCc2cccc(OC(F)F)c21. The maximum atomic E-state index is 13.0. The molecule has 0 N–H and O–H groups in total. The van der Waals surface area contributed by atoms with Crippen molar-refractivity contribution in [1.82, 2.24) is 9.78 Å². The van der Waals surface area contributed by atoms with Gasteiger partial charge in [-0.1, -0.05) is 24.3 Å². The second-order valence-electron chi connectivity index (χ2n) is 6.79. The molecule has 6 nitrogen and oxygen atoms in total. The van der Waals surface area contributed by atoms with Crippen molar-refractivity contribution in [2.75, 3.05) is 11.4 Å². The summed E-state index contributed by atoms with van der Waals surface area (Å²) in [4.78, 5) is 26.4. The average molecular weight is 399 g/mol.